The second kappa shape index (κ2) is 12.6. The van der Waals surface area contributed by atoms with Gasteiger partial charge in [-0.2, -0.15) is 0 Å². The van der Waals surface area contributed by atoms with Gasteiger partial charge in [0, 0.05) is 6.92 Å². The van der Waals surface area contributed by atoms with Crippen LogP contribution in [0.1, 0.15) is 17.3 Å². The maximum Gasteiger partial charge on any atom is 0.340 e. The number of ether oxygens (including phenoxy) is 4. The summed E-state index contributed by atoms with van der Waals surface area (Å²) in [5.74, 6) is 0.638. The van der Waals surface area contributed by atoms with Crippen LogP contribution in [-0.2, 0) is 14.3 Å². The molecule has 6 heteroatoms. The van der Waals surface area contributed by atoms with Crippen LogP contribution in [0.25, 0.3) is 0 Å². The van der Waals surface area contributed by atoms with E-state index in [-0.39, 0.29) is 25.5 Å². The molecule has 0 aliphatic rings. The zero-order valence-electron chi connectivity index (χ0n) is 16.0. The lowest BCUT2D eigenvalue weighted by Crippen LogP contribution is -2.10. The number of rotatable bonds is 7. The molecule has 0 bridgehead atoms. The van der Waals surface area contributed by atoms with Gasteiger partial charge in [0.15, 0.2) is 0 Å². The molecule has 0 amide bonds. The molecular weight excluding hydrogens is 372 g/mol. The molecule has 0 saturated carbocycles. The van der Waals surface area contributed by atoms with E-state index in [0.717, 1.165) is 0 Å². The van der Waals surface area contributed by atoms with E-state index in [9.17, 15) is 9.59 Å². The van der Waals surface area contributed by atoms with E-state index in [4.69, 9.17) is 14.2 Å². The van der Waals surface area contributed by atoms with E-state index in [0.29, 0.717) is 17.1 Å². The van der Waals surface area contributed by atoms with Crippen molar-refractivity contribution in [2.45, 2.75) is 6.92 Å². The molecule has 3 rings (SSSR count). The first-order valence-corrected chi connectivity index (χ1v) is 8.86. The number of esters is 2. The van der Waals surface area contributed by atoms with Gasteiger partial charge in [-0.25, -0.2) is 4.79 Å². The van der Waals surface area contributed by atoms with E-state index >= 15 is 0 Å². The Kier molecular flexibility index (Phi) is 9.31. The third kappa shape index (κ3) is 9.10. The molecule has 150 valence electrons. The van der Waals surface area contributed by atoms with Gasteiger partial charge < -0.3 is 18.9 Å². The Morgan fingerprint density at radius 2 is 1.03 bits per heavy atom. The monoisotopic (exact) mass is 394 g/mol. The summed E-state index contributed by atoms with van der Waals surface area (Å²) in [7, 11) is 0. The molecule has 0 aromatic heterocycles. The molecule has 6 nitrogen and oxygen atoms in total. The Balaban J connectivity index is 0.000000221. The van der Waals surface area contributed by atoms with Crippen LogP contribution in [0.5, 0.6) is 11.5 Å². The molecule has 0 saturated heterocycles. The van der Waals surface area contributed by atoms with Gasteiger partial charge in [0.25, 0.3) is 0 Å². The minimum atomic E-state index is -0.387. The fraction of sp³-hybridized carbons (Fsp3) is 0.130. The van der Waals surface area contributed by atoms with Gasteiger partial charge in [0.1, 0.15) is 11.5 Å². The molecule has 0 radical (unpaired) electrons. The van der Waals surface area contributed by atoms with Gasteiger partial charge in [0.05, 0.1) is 5.56 Å². The zero-order valence-corrected chi connectivity index (χ0v) is 16.0. The predicted molar refractivity (Wildman–Crippen MR) is 107 cm³/mol. The van der Waals surface area contributed by atoms with Crippen molar-refractivity contribution in [2.75, 3.05) is 13.6 Å². The highest BCUT2D eigenvalue weighted by Crippen LogP contribution is 2.09. The van der Waals surface area contributed by atoms with Crippen molar-refractivity contribution >= 4 is 11.9 Å². The molecule has 3 aromatic carbocycles. The summed E-state index contributed by atoms with van der Waals surface area (Å²) in [5.41, 5.74) is 0.518. The minimum absolute atomic E-state index is 0.0284. The normalized spacial score (nSPS) is 9.41. The Morgan fingerprint density at radius 1 is 0.621 bits per heavy atom. The fourth-order valence-electron chi connectivity index (χ4n) is 2.02. The number of hydrogen-bond acceptors (Lipinski definition) is 6. The first-order valence-electron chi connectivity index (χ1n) is 8.86. The van der Waals surface area contributed by atoms with Crippen LogP contribution in [0.4, 0.5) is 0 Å². The fourth-order valence-corrected chi connectivity index (χ4v) is 2.02. The van der Waals surface area contributed by atoms with Crippen molar-refractivity contribution in [3.63, 3.8) is 0 Å². The first-order chi connectivity index (χ1) is 14.1. The van der Waals surface area contributed by atoms with Gasteiger partial charge in [-0.05, 0) is 36.4 Å². The number of para-hydroxylation sites is 2. The zero-order chi connectivity index (χ0) is 20.7. The maximum atomic E-state index is 11.5. The van der Waals surface area contributed by atoms with Crippen molar-refractivity contribution < 1.29 is 28.5 Å². The van der Waals surface area contributed by atoms with Gasteiger partial charge in [-0.3, -0.25) is 4.79 Å². The quantitative estimate of drug-likeness (QED) is 0.435. The number of benzene rings is 3. The van der Waals surface area contributed by atoms with E-state index in [1.165, 1.54) is 6.92 Å². The molecule has 0 spiro atoms. The lowest BCUT2D eigenvalue weighted by molar-refractivity contribution is -0.147. The molecule has 0 aliphatic heterocycles. The van der Waals surface area contributed by atoms with Crippen LogP contribution >= 0.6 is 0 Å². The molecular formula is C23H22O6. The second-order valence-corrected chi connectivity index (χ2v) is 5.58. The van der Waals surface area contributed by atoms with E-state index < -0.39 is 0 Å². The average molecular weight is 394 g/mol. The summed E-state index contributed by atoms with van der Waals surface area (Å²) >= 11 is 0. The van der Waals surface area contributed by atoms with Gasteiger partial charge in [-0.1, -0.05) is 54.6 Å². The van der Waals surface area contributed by atoms with Gasteiger partial charge >= 0.3 is 11.9 Å². The third-order valence-corrected chi connectivity index (χ3v) is 3.40. The van der Waals surface area contributed by atoms with E-state index in [1.54, 1.807) is 48.5 Å². The van der Waals surface area contributed by atoms with E-state index in [2.05, 4.69) is 4.74 Å². The minimum Gasteiger partial charge on any atom is -0.457 e. The second-order valence-electron chi connectivity index (χ2n) is 5.58. The number of hydrogen-bond donors (Lipinski definition) is 0. The first kappa shape index (κ1) is 21.5. The molecule has 0 N–H and O–H groups in total. The average Bonchev–Trinajstić information content (AvgIpc) is 2.76. The van der Waals surface area contributed by atoms with Crippen molar-refractivity contribution in [3.05, 3.63) is 96.6 Å². The summed E-state index contributed by atoms with van der Waals surface area (Å²) in [6, 6.07) is 27.2. The summed E-state index contributed by atoms with van der Waals surface area (Å²) in [5, 5.41) is 0. The number of carbonyl (C=O) groups excluding carboxylic acids is 2. The highest BCUT2D eigenvalue weighted by atomic mass is 16.7. The summed E-state index contributed by atoms with van der Waals surface area (Å²) in [4.78, 5) is 21.9. The highest BCUT2D eigenvalue weighted by Gasteiger charge is 2.05. The van der Waals surface area contributed by atoms with Crippen LogP contribution in [-0.4, -0.2) is 25.5 Å². The van der Waals surface area contributed by atoms with Crippen LogP contribution in [0.2, 0.25) is 0 Å². The van der Waals surface area contributed by atoms with Crippen molar-refractivity contribution in [3.8, 4) is 11.5 Å². The Morgan fingerprint density at radius 3 is 1.48 bits per heavy atom. The van der Waals surface area contributed by atoms with Crippen molar-refractivity contribution in [1.82, 2.24) is 0 Å². The molecule has 3 aromatic rings. The smallest absolute Gasteiger partial charge is 0.340 e. The van der Waals surface area contributed by atoms with Crippen molar-refractivity contribution in [1.29, 1.82) is 0 Å². The lowest BCUT2D eigenvalue weighted by Gasteiger charge is -2.06. The molecule has 0 fully saturated rings. The van der Waals surface area contributed by atoms with Crippen LogP contribution in [0, 0.1) is 0 Å². The topological polar surface area (TPSA) is 71.1 Å². The van der Waals surface area contributed by atoms with Crippen LogP contribution in [0.3, 0.4) is 0 Å². The summed E-state index contributed by atoms with van der Waals surface area (Å²) in [6.45, 7) is 1.23. The van der Waals surface area contributed by atoms with Crippen LogP contribution < -0.4 is 9.47 Å². The molecule has 0 heterocycles. The number of carbonyl (C=O) groups is 2. The Labute approximate surface area is 169 Å². The van der Waals surface area contributed by atoms with Gasteiger partial charge in [-0.15, -0.1) is 0 Å². The Hall–Kier alpha value is -3.80. The maximum absolute atomic E-state index is 11.5. The standard InChI is InChI=1S/C14H12O3.C9H10O3/c15-14(12-7-3-1-4-8-12)17-11-16-13-9-5-2-6-10-13;1-8(10)11-7-12-9-5-3-2-4-6-9/h1-10H,11H2;2-6H,7H2,1H3. The predicted octanol–water partition coefficient (Wildman–Crippen LogP) is 4.47. The van der Waals surface area contributed by atoms with Crippen LogP contribution in [0.15, 0.2) is 91.0 Å². The summed E-state index contributed by atoms with van der Waals surface area (Å²) in [6.07, 6.45) is 0. The summed E-state index contributed by atoms with van der Waals surface area (Å²) < 4.78 is 19.9. The van der Waals surface area contributed by atoms with Gasteiger partial charge in [0.2, 0.25) is 13.6 Å². The molecule has 0 atom stereocenters. The molecule has 0 aliphatic carbocycles. The lowest BCUT2D eigenvalue weighted by atomic mass is 10.2. The Bertz CT molecular complexity index is 850. The van der Waals surface area contributed by atoms with E-state index in [1.807, 2.05) is 42.5 Å². The molecule has 29 heavy (non-hydrogen) atoms. The largest absolute Gasteiger partial charge is 0.457 e. The van der Waals surface area contributed by atoms with Crippen molar-refractivity contribution in [2.24, 2.45) is 0 Å². The highest BCUT2D eigenvalue weighted by molar-refractivity contribution is 5.89. The third-order valence-electron chi connectivity index (χ3n) is 3.40. The SMILES string of the molecule is CC(=O)OCOc1ccccc1.O=C(OCOc1ccccc1)c1ccccc1. The molecule has 0 unspecified atom stereocenters.